The van der Waals surface area contributed by atoms with Crippen LogP contribution in [0.15, 0.2) is 47.1 Å². The number of benzene rings is 1. The zero-order valence-electron chi connectivity index (χ0n) is 12.6. The highest BCUT2D eigenvalue weighted by Crippen LogP contribution is 2.20. The van der Waals surface area contributed by atoms with Crippen molar-refractivity contribution in [2.24, 2.45) is 0 Å². The van der Waals surface area contributed by atoms with Gasteiger partial charge in [0.15, 0.2) is 0 Å². The molecule has 0 fully saturated rings. The molecule has 0 aliphatic carbocycles. The Morgan fingerprint density at radius 3 is 2.73 bits per heavy atom. The number of amides is 2. The topological polar surface area (TPSA) is 83.7 Å². The summed E-state index contributed by atoms with van der Waals surface area (Å²) in [5.74, 6) is 1.11. The van der Waals surface area contributed by atoms with Gasteiger partial charge >= 0.3 is 6.03 Å². The molecule has 0 radical (unpaired) electrons. The van der Waals surface area contributed by atoms with Crippen LogP contribution in [-0.2, 0) is 12.1 Å². The Hall–Kier alpha value is -2.47. The Morgan fingerprint density at radius 2 is 2.05 bits per heavy atom. The first kappa shape index (κ1) is 15.9. The van der Waals surface area contributed by atoms with E-state index in [2.05, 4.69) is 10.6 Å². The molecular weight excluding hydrogens is 284 g/mol. The van der Waals surface area contributed by atoms with Crippen molar-refractivity contribution in [1.82, 2.24) is 10.6 Å². The molecule has 2 aromatic rings. The number of aliphatic hydroxyl groups is 1. The van der Waals surface area contributed by atoms with E-state index in [1.54, 1.807) is 26.2 Å². The molecule has 1 atom stereocenters. The molecule has 2 rings (SSSR count). The first-order valence-corrected chi connectivity index (χ1v) is 6.93. The lowest BCUT2D eigenvalue weighted by Crippen LogP contribution is -2.43. The van der Waals surface area contributed by atoms with Gasteiger partial charge in [-0.3, -0.25) is 0 Å². The highest BCUT2D eigenvalue weighted by atomic mass is 16.5. The number of methoxy groups -OCH3 is 1. The standard InChI is InChI=1S/C16H20N2O4/c1-16(20,14-8-5-9-22-14)11-18-15(19)17-10-12-6-3-4-7-13(12)21-2/h3-9,20H,10-11H2,1-2H3,(H2,17,18,19). The molecule has 2 amide bonds. The first-order valence-electron chi connectivity index (χ1n) is 6.93. The van der Waals surface area contributed by atoms with Crippen molar-refractivity contribution >= 4 is 6.03 Å². The third-order valence-electron chi connectivity index (χ3n) is 3.28. The summed E-state index contributed by atoms with van der Waals surface area (Å²) in [6.45, 7) is 1.95. The molecule has 1 heterocycles. The maximum atomic E-state index is 11.8. The summed E-state index contributed by atoms with van der Waals surface area (Å²) in [4.78, 5) is 11.8. The Labute approximate surface area is 129 Å². The lowest BCUT2D eigenvalue weighted by molar-refractivity contribution is 0.0367. The van der Waals surface area contributed by atoms with Crippen LogP contribution in [0.5, 0.6) is 5.75 Å². The predicted octanol–water partition coefficient (Wildman–Crippen LogP) is 2.00. The molecule has 22 heavy (non-hydrogen) atoms. The van der Waals surface area contributed by atoms with Gasteiger partial charge in [-0.1, -0.05) is 18.2 Å². The molecule has 118 valence electrons. The van der Waals surface area contributed by atoms with Crippen molar-refractivity contribution in [2.45, 2.75) is 19.1 Å². The number of hydrogen-bond donors (Lipinski definition) is 3. The monoisotopic (exact) mass is 304 g/mol. The van der Waals surface area contributed by atoms with Crippen LogP contribution in [0.2, 0.25) is 0 Å². The molecule has 6 heteroatoms. The summed E-state index contributed by atoms with van der Waals surface area (Å²) >= 11 is 0. The normalized spacial score (nSPS) is 13.2. The van der Waals surface area contributed by atoms with E-state index in [1.165, 1.54) is 6.26 Å². The maximum Gasteiger partial charge on any atom is 0.315 e. The SMILES string of the molecule is COc1ccccc1CNC(=O)NCC(C)(O)c1ccco1. The van der Waals surface area contributed by atoms with Crippen molar-refractivity contribution in [2.75, 3.05) is 13.7 Å². The van der Waals surface area contributed by atoms with Gasteiger partial charge in [-0.2, -0.15) is 0 Å². The highest BCUT2D eigenvalue weighted by molar-refractivity contribution is 5.74. The number of furan rings is 1. The molecule has 0 bridgehead atoms. The molecule has 3 N–H and O–H groups in total. The van der Waals surface area contributed by atoms with Gasteiger partial charge in [0, 0.05) is 12.1 Å². The summed E-state index contributed by atoms with van der Waals surface area (Å²) in [6.07, 6.45) is 1.48. The van der Waals surface area contributed by atoms with Crippen LogP contribution < -0.4 is 15.4 Å². The van der Waals surface area contributed by atoms with Crippen molar-refractivity contribution < 1.29 is 19.1 Å². The fourth-order valence-electron chi connectivity index (χ4n) is 2.01. The van der Waals surface area contributed by atoms with E-state index < -0.39 is 5.60 Å². The summed E-state index contributed by atoms with van der Waals surface area (Å²) in [7, 11) is 1.58. The number of carbonyl (C=O) groups is 1. The number of urea groups is 1. The van der Waals surface area contributed by atoms with Crippen LogP contribution in [-0.4, -0.2) is 24.8 Å². The fourth-order valence-corrected chi connectivity index (χ4v) is 2.01. The third kappa shape index (κ3) is 4.02. The Morgan fingerprint density at radius 1 is 1.27 bits per heavy atom. The van der Waals surface area contributed by atoms with Gasteiger partial charge in [-0.15, -0.1) is 0 Å². The predicted molar refractivity (Wildman–Crippen MR) is 81.5 cm³/mol. The summed E-state index contributed by atoms with van der Waals surface area (Å²) in [6, 6.07) is 10.4. The number of hydrogen-bond acceptors (Lipinski definition) is 4. The van der Waals surface area contributed by atoms with Crippen LogP contribution in [0.4, 0.5) is 4.79 Å². The molecule has 1 aromatic carbocycles. The number of ether oxygens (including phenoxy) is 1. The smallest absolute Gasteiger partial charge is 0.315 e. The minimum atomic E-state index is -1.26. The van der Waals surface area contributed by atoms with Crippen LogP contribution in [0.25, 0.3) is 0 Å². The summed E-state index contributed by atoms with van der Waals surface area (Å²) in [5, 5.41) is 15.6. The van der Waals surface area contributed by atoms with Crippen LogP contribution >= 0.6 is 0 Å². The largest absolute Gasteiger partial charge is 0.496 e. The van der Waals surface area contributed by atoms with Crippen LogP contribution in [0, 0.1) is 0 Å². The van der Waals surface area contributed by atoms with Crippen molar-refractivity contribution in [3.8, 4) is 5.75 Å². The quantitative estimate of drug-likeness (QED) is 0.762. The van der Waals surface area contributed by atoms with E-state index in [9.17, 15) is 9.90 Å². The Bertz CT molecular complexity index is 608. The van der Waals surface area contributed by atoms with E-state index in [4.69, 9.17) is 9.15 Å². The third-order valence-corrected chi connectivity index (χ3v) is 3.28. The summed E-state index contributed by atoms with van der Waals surface area (Å²) in [5.41, 5.74) is -0.386. The number of carbonyl (C=O) groups excluding carboxylic acids is 1. The zero-order chi connectivity index (χ0) is 16.0. The molecule has 1 aromatic heterocycles. The lowest BCUT2D eigenvalue weighted by Gasteiger charge is -2.21. The molecule has 0 aliphatic heterocycles. The average Bonchev–Trinajstić information content (AvgIpc) is 3.06. The minimum Gasteiger partial charge on any atom is -0.496 e. The molecule has 0 aliphatic rings. The molecule has 6 nitrogen and oxygen atoms in total. The number of nitrogens with one attached hydrogen (secondary N) is 2. The number of para-hydroxylation sites is 1. The second-order valence-corrected chi connectivity index (χ2v) is 5.10. The minimum absolute atomic E-state index is 0.0400. The van der Waals surface area contributed by atoms with Crippen molar-refractivity contribution in [3.63, 3.8) is 0 Å². The second-order valence-electron chi connectivity index (χ2n) is 5.10. The van der Waals surface area contributed by atoms with Gasteiger partial charge in [-0.05, 0) is 25.1 Å². The van der Waals surface area contributed by atoms with E-state index in [1.807, 2.05) is 24.3 Å². The van der Waals surface area contributed by atoms with Gasteiger partial charge in [0.25, 0.3) is 0 Å². The molecule has 0 saturated carbocycles. The Balaban J connectivity index is 1.83. The molecule has 1 unspecified atom stereocenters. The van der Waals surface area contributed by atoms with Crippen LogP contribution in [0.1, 0.15) is 18.2 Å². The lowest BCUT2D eigenvalue weighted by atomic mass is 10.0. The maximum absolute atomic E-state index is 11.8. The van der Waals surface area contributed by atoms with Crippen molar-refractivity contribution in [1.29, 1.82) is 0 Å². The van der Waals surface area contributed by atoms with E-state index in [0.717, 1.165) is 5.56 Å². The molecular formula is C16H20N2O4. The van der Waals surface area contributed by atoms with E-state index >= 15 is 0 Å². The highest BCUT2D eigenvalue weighted by Gasteiger charge is 2.26. The fraction of sp³-hybridized carbons (Fsp3) is 0.312. The van der Waals surface area contributed by atoms with Gasteiger partial charge in [0.2, 0.25) is 0 Å². The molecule has 0 saturated heterocycles. The van der Waals surface area contributed by atoms with Gasteiger partial charge in [0.1, 0.15) is 17.1 Å². The second kappa shape index (κ2) is 7.00. The number of rotatable bonds is 6. The molecule has 0 spiro atoms. The van der Waals surface area contributed by atoms with E-state index in [0.29, 0.717) is 18.1 Å². The van der Waals surface area contributed by atoms with E-state index in [-0.39, 0.29) is 12.6 Å². The van der Waals surface area contributed by atoms with Crippen molar-refractivity contribution in [3.05, 3.63) is 54.0 Å². The van der Waals surface area contributed by atoms with Gasteiger partial charge in [-0.25, -0.2) is 4.79 Å². The first-order chi connectivity index (χ1) is 10.5. The van der Waals surface area contributed by atoms with Gasteiger partial charge in [0.05, 0.1) is 19.9 Å². The van der Waals surface area contributed by atoms with Gasteiger partial charge < -0.3 is 24.9 Å². The Kier molecular flexibility index (Phi) is 5.06. The zero-order valence-corrected chi connectivity index (χ0v) is 12.6. The van der Waals surface area contributed by atoms with Crippen LogP contribution in [0.3, 0.4) is 0 Å². The summed E-state index contributed by atoms with van der Waals surface area (Å²) < 4.78 is 10.4. The average molecular weight is 304 g/mol.